The fourth-order valence-electron chi connectivity index (χ4n) is 2.48. The zero-order chi connectivity index (χ0) is 10.8. The van der Waals surface area contributed by atoms with Gasteiger partial charge in [-0.15, -0.1) is 0 Å². The number of rotatable bonds is 2. The molecule has 0 saturated heterocycles. The molecule has 1 nitrogen and oxygen atoms in total. The third kappa shape index (κ3) is 2.23. The van der Waals surface area contributed by atoms with Crippen LogP contribution >= 0.6 is 15.9 Å². The van der Waals surface area contributed by atoms with Crippen molar-refractivity contribution in [3.63, 3.8) is 0 Å². The number of hydrogen-bond donors (Lipinski definition) is 1. The van der Waals surface area contributed by atoms with Gasteiger partial charge in [0.15, 0.2) is 0 Å². The van der Waals surface area contributed by atoms with Crippen molar-refractivity contribution >= 4 is 15.9 Å². The maximum absolute atomic E-state index is 13.7. The van der Waals surface area contributed by atoms with Gasteiger partial charge in [-0.3, -0.25) is 0 Å². The highest BCUT2D eigenvalue weighted by Gasteiger charge is 2.29. The van der Waals surface area contributed by atoms with E-state index in [9.17, 15) is 4.39 Å². The minimum Gasteiger partial charge on any atom is -0.316 e. The Hall–Kier alpha value is -0.410. The normalized spacial score (nSPS) is 25.8. The van der Waals surface area contributed by atoms with Gasteiger partial charge in [0.25, 0.3) is 0 Å². The van der Waals surface area contributed by atoms with E-state index in [-0.39, 0.29) is 5.82 Å². The van der Waals surface area contributed by atoms with Crippen LogP contribution in [0.3, 0.4) is 0 Å². The maximum Gasteiger partial charge on any atom is 0.126 e. The molecule has 1 N–H and O–H groups in total. The van der Waals surface area contributed by atoms with Gasteiger partial charge in [-0.05, 0) is 43.7 Å². The Morgan fingerprint density at radius 1 is 1.40 bits per heavy atom. The van der Waals surface area contributed by atoms with Crippen molar-refractivity contribution in [2.24, 2.45) is 0 Å². The van der Waals surface area contributed by atoms with Gasteiger partial charge in [-0.1, -0.05) is 22.4 Å². The lowest BCUT2D eigenvalue weighted by Crippen LogP contribution is -2.27. The van der Waals surface area contributed by atoms with Crippen molar-refractivity contribution in [1.82, 2.24) is 5.32 Å². The van der Waals surface area contributed by atoms with Crippen molar-refractivity contribution in [3.05, 3.63) is 34.1 Å². The molecule has 82 valence electrons. The molecule has 0 bridgehead atoms. The van der Waals surface area contributed by atoms with Crippen LogP contribution in [0.5, 0.6) is 0 Å². The molecule has 1 aromatic rings. The van der Waals surface area contributed by atoms with E-state index in [0.717, 1.165) is 22.9 Å². The largest absolute Gasteiger partial charge is 0.316 e. The van der Waals surface area contributed by atoms with Gasteiger partial charge in [-0.25, -0.2) is 4.39 Å². The fourth-order valence-corrected chi connectivity index (χ4v) is 2.86. The SMILES string of the molecule is CNC1CCCC1c1cc(Br)ccc1F. The van der Waals surface area contributed by atoms with Gasteiger partial charge in [-0.2, -0.15) is 0 Å². The Balaban J connectivity index is 2.31. The molecule has 1 aromatic carbocycles. The predicted molar refractivity (Wildman–Crippen MR) is 63.5 cm³/mol. The number of likely N-dealkylation sites (N-methyl/N-ethyl adjacent to an activating group) is 1. The van der Waals surface area contributed by atoms with Crippen molar-refractivity contribution < 1.29 is 4.39 Å². The molecule has 1 aliphatic carbocycles. The van der Waals surface area contributed by atoms with Gasteiger partial charge >= 0.3 is 0 Å². The number of halogens is 2. The highest BCUT2D eigenvalue weighted by Crippen LogP contribution is 2.36. The zero-order valence-electron chi connectivity index (χ0n) is 8.76. The van der Waals surface area contributed by atoms with Gasteiger partial charge in [0.05, 0.1) is 0 Å². The van der Waals surface area contributed by atoms with Crippen LogP contribution in [-0.4, -0.2) is 13.1 Å². The van der Waals surface area contributed by atoms with Crippen LogP contribution < -0.4 is 5.32 Å². The number of nitrogens with one attached hydrogen (secondary N) is 1. The molecule has 2 rings (SSSR count). The summed E-state index contributed by atoms with van der Waals surface area (Å²) in [5.74, 6) is 0.248. The van der Waals surface area contributed by atoms with Crippen LogP contribution in [0.2, 0.25) is 0 Å². The Kier molecular flexibility index (Phi) is 3.42. The molecule has 1 saturated carbocycles. The second kappa shape index (κ2) is 4.62. The lowest BCUT2D eigenvalue weighted by Gasteiger charge is -2.20. The molecule has 0 spiro atoms. The molecule has 0 heterocycles. The first kappa shape index (κ1) is 11.1. The van der Waals surface area contributed by atoms with Crippen molar-refractivity contribution in [1.29, 1.82) is 0 Å². The summed E-state index contributed by atoms with van der Waals surface area (Å²) in [5.41, 5.74) is 0.848. The van der Waals surface area contributed by atoms with E-state index in [1.807, 2.05) is 13.1 Å². The Morgan fingerprint density at radius 2 is 2.20 bits per heavy atom. The second-order valence-electron chi connectivity index (χ2n) is 4.10. The highest BCUT2D eigenvalue weighted by atomic mass is 79.9. The van der Waals surface area contributed by atoms with E-state index in [1.54, 1.807) is 12.1 Å². The van der Waals surface area contributed by atoms with E-state index in [2.05, 4.69) is 21.2 Å². The molecule has 0 aliphatic heterocycles. The van der Waals surface area contributed by atoms with Crippen molar-refractivity contribution in [3.8, 4) is 0 Å². The number of benzene rings is 1. The summed E-state index contributed by atoms with van der Waals surface area (Å²) in [6.45, 7) is 0. The number of hydrogen-bond acceptors (Lipinski definition) is 1. The van der Waals surface area contributed by atoms with Crippen molar-refractivity contribution in [2.75, 3.05) is 7.05 Å². The quantitative estimate of drug-likeness (QED) is 0.869. The summed E-state index contributed by atoms with van der Waals surface area (Å²) < 4.78 is 14.6. The lowest BCUT2D eigenvalue weighted by atomic mass is 9.94. The smallest absolute Gasteiger partial charge is 0.126 e. The van der Waals surface area contributed by atoms with Gasteiger partial charge in [0.1, 0.15) is 5.82 Å². The fraction of sp³-hybridized carbons (Fsp3) is 0.500. The summed E-state index contributed by atoms with van der Waals surface area (Å²) in [5, 5.41) is 3.28. The van der Waals surface area contributed by atoms with E-state index in [4.69, 9.17) is 0 Å². The van der Waals surface area contributed by atoms with Crippen LogP contribution in [0, 0.1) is 5.82 Å². The standard InChI is InChI=1S/C12H15BrFN/c1-15-12-4-2-3-9(12)10-7-8(13)5-6-11(10)14/h5-7,9,12,15H,2-4H2,1H3. The molecule has 1 fully saturated rings. The van der Waals surface area contributed by atoms with Gasteiger partial charge in [0.2, 0.25) is 0 Å². The summed E-state index contributed by atoms with van der Waals surface area (Å²) in [6.07, 6.45) is 3.41. The summed E-state index contributed by atoms with van der Waals surface area (Å²) in [4.78, 5) is 0. The Morgan fingerprint density at radius 3 is 2.93 bits per heavy atom. The zero-order valence-corrected chi connectivity index (χ0v) is 10.3. The Bertz CT molecular complexity index is 353. The van der Waals surface area contributed by atoms with Crippen molar-refractivity contribution in [2.45, 2.75) is 31.2 Å². The minimum atomic E-state index is -0.0784. The maximum atomic E-state index is 13.7. The predicted octanol–water partition coefficient (Wildman–Crippen LogP) is 3.44. The first-order chi connectivity index (χ1) is 7.22. The molecule has 15 heavy (non-hydrogen) atoms. The minimum absolute atomic E-state index is 0.0784. The third-order valence-corrected chi connectivity index (χ3v) is 3.74. The van der Waals surface area contributed by atoms with E-state index in [0.29, 0.717) is 12.0 Å². The summed E-state index contributed by atoms with van der Waals surface area (Å²) in [7, 11) is 1.96. The Labute approximate surface area is 98.2 Å². The van der Waals surface area contributed by atoms with Crippen LogP contribution in [0.15, 0.2) is 22.7 Å². The van der Waals surface area contributed by atoms with E-state index < -0.39 is 0 Å². The van der Waals surface area contributed by atoms with Crippen LogP contribution in [0.1, 0.15) is 30.7 Å². The van der Waals surface area contributed by atoms with Gasteiger partial charge in [0, 0.05) is 16.4 Å². The third-order valence-electron chi connectivity index (χ3n) is 3.24. The molecular formula is C12H15BrFN. The highest BCUT2D eigenvalue weighted by molar-refractivity contribution is 9.10. The van der Waals surface area contributed by atoms with Crippen LogP contribution in [0.4, 0.5) is 4.39 Å². The summed E-state index contributed by atoms with van der Waals surface area (Å²) in [6, 6.07) is 5.64. The molecule has 0 amide bonds. The van der Waals surface area contributed by atoms with Crippen LogP contribution in [0.25, 0.3) is 0 Å². The molecule has 1 aliphatic rings. The lowest BCUT2D eigenvalue weighted by molar-refractivity contribution is 0.497. The van der Waals surface area contributed by atoms with Gasteiger partial charge < -0.3 is 5.32 Å². The van der Waals surface area contributed by atoms with E-state index >= 15 is 0 Å². The topological polar surface area (TPSA) is 12.0 Å². The molecule has 0 radical (unpaired) electrons. The molecular weight excluding hydrogens is 257 g/mol. The average molecular weight is 272 g/mol. The molecule has 2 atom stereocenters. The second-order valence-corrected chi connectivity index (χ2v) is 5.01. The first-order valence-corrected chi connectivity index (χ1v) is 6.14. The monoisotopic (exact) mass is 271 g/mol. The van der Waals surface area contributed by atoms with E-state index in [1.165, 1.54) is 6.42 Å². The summed E-state index contributed by atoms with van der Waals surface area (Å²) >= 11 is 3.40. The molecule has 2 unspecified atom stereocenters. The average Bonchev–Trinajstić information content (AvgIpc) is 2.69. The molecule has 0 aromatic heterocycles. The molecule has 3 heteroatoms. The van der Waals surface area contributed by atoms with Crippen LogP contribution in [-0.2, 0) is 0 Å². The first-order valence-electron chi connectivity index (χ1n) is 5.34.